The van der Waals surface area contributed by atoms with E-state index in [4.69, 9.17) is 20.9 Å². The molecule has 3 rings (SSSR count). The van der Waals surface area contributed by atoms with Gasteiger partial charge in [0.1, 0.15) is 0 Å². The van der Waals surface area contributed by atoms with Gasteiger partial charge in [-0.05, 0) is 53.7 Å². The standard InChI is InChI=1S/C24H25ClN2O5/c1-3-31-24(30)15(2)11-20(26-23(29)21-14-22(28)27-32-21)12-16-7-9-17(10-8-16)18-5-4-6-19(25)13-18/h4-10,13-15,20H,3,11-12H2,1-2H3,(H,26,29)(H,27,28)/t15-,20-/m0/s1. The van der Waals surface area contributed by atoms with Gasteiger partial charge < -0.3 is 19.7 Å². The Balaban J connectivity index is 1.74. The second kappa shape index (κ2) is 10.8. The molecule has 7 nitrogen and oxygen atoms in total. The number of nitrogens with one attached hydrogen (secondary N) is 1. The van der Waals surface area contributed by atoms with Crippen LogP contribution in [0.5, 0.6) is 5.88 Å². The maximum absolute atomic E-state index is 12.5. The zero-order valence-corrected chi connectivity index (χ0v) is 18.6. The van der Waals surface area contributed by atoms with Gasteiger partial charge in [-0.1, -0.05) is 54.9 Å². The van der Waals surface area contributed by atoms with E-state index in [9.17, 15) is 14.7 Å². The van der Waals surface area contributed by atoms with E-state index in [1.165, 1.54) is 0 Å². The molecule has 0 spiro atoms. The van der Waals surface area contributed by atoms with Gasteiger partial charge in [0, 0.05) is 11.1 Å². The summed E-state index contributed by atoms with van der Waals surface area (Å²) in [7, 11) is 0. The van der Waals surface area contributed by atoms with E-state index >= 15 is 0 Å². The number of hydrogen-bond acceptors (Lipinski definition) is 6. The van der Waals surface area contributed by atoms with Crippen molar-refractivity contribution in [2.75, 3.05) is 6.61 Å². The molecule has 0 radical (unpaired) electrons. The summed E-state index contributed by atoms with van der Waals surface area (Å²) in [6, 6.07) is 16.3. The van der Waals surface area contributed by atoms with Gasteiger partial charge >= 0.3 is 5.97 Å². The minimum Gasteiger partial charge on any atom is -0.491 e. The van der Waals surface area contributed by atoms with E-state index in [0.29, 0.717) is 24.5 Å². The zero-order valence-electron chi connectivity index (χ0n) is 17.9. The van der Waals surface area contributed by atoms with Crippen molar-refractivity contribution in [2.24, 2.45) is 5.92 Å². The molecule has 0 aliphatic rings. The molecule has 1 aromatic heterocycles. The van der Waals surface area contributed by atoms with Crippen LogP contribution in [0.25, 0.3) is 11.1 Å². The van der Waals surface area contributed by atoms with Gasteiger partial charge in [-0.3, -0.25) is 9.59 Å². The minimum atomic E-state index is -0.519. The average molecular weight is 457 g/mol. The Morgan fingerprint density at radius 2 is 1.91 bits per heavy atom. The van der Waals surface area contributed by atoms with Crippen LogP contribution in [0.15, 0.2) is 59.1 Å². The molecular formula is C24H25ClN2O5. The molecule has 32 heavy (non-hydrogen) atoms. The van der Waals surface area contributed by atoms with Crippen LogP contribution in [0.2, 0.25) is 5.02 Å². The Labute approximate surface area is 191 Å². The first kappa shape index (κ1) is 23.3. The third-order valence-electron chi connectivity index (χ3n) is 4.98. The van der Waals surface area contributed by atoms with Crippen LogP contribution in [-0.4, -0.2) is 34.8 Å². The molecule has 0 aliphatic heterocycles. The molecule has 0 saturated heterocycles. The van der Waals surface area contributed by atoms with Gasteiger partial charge in [0.25, 0.3) is 11.8 Å². The number of benzene rings is 2. The number of halogens is 1. The van der Waals surface area contributed by atoms with Crippen molar-refractivity contribution in [1.29, 1.82) is 0 Å². The van der Waals surface area contributed by atoms with Gasteiger partial charge in [-0.25, -0.2) is 0 Å². The SMILES string of the molecule is CCOC(=O)[C@@H](C)C[C@@H](Cc1ccc(-c2cccc(Cl)c2)cc1)NC(=O)c1cc(O)no1. The Morgan fingerprint density at radius 3 is 2.53 bits per heavy atom. The fourth-order valence-corrected chi connectivity index (χ4v) is 3.61. The molecule has 2 aromatic carbocycles. The van der Waals surface area contributed by atoms with Crippen molar-refractivity contribution in [3.63, 3.8) is 0 Å². The number of nitrogens with zero attached hydrogens (tertiary/aromatic N) is 1. The molecule has 0 bridgehead atoms. The number of carbonyl (C=O) groups is 2. The summed E-state index contributed by atoms with van der Waals surface area (Å²) >= 11 is 6.09. The number of hydrogen-bond donors (Lipinski definition) is 2. The molecule has 2 N–H and O–H groups in total. The summed E-state index contributed by atoms with van der Waals surface area (Å²) in [4.78, 5) is 24.6. The predicted octanol–water partition coefficient (Wildman–Crippen LogP) is 4.63. The Bertz CT molecular complexity index is 1060. The van der Waals surface area contributed by atoms with Crippen molar-refractivity contribution < 1.29 is 24.0 Å². The normalized spacial score (nSPS) is 12.7. The minimum absolute atomic E-state index is 0.104. The first-order chi connectivity index (χ1) is 15.4. The summed E-state index contributed by atoms with van der Waals surface area (Å²) in [6.45, 7) is 3.81. The zero-order chi connectivity index (χ0) is 23.1. The number of carbonyl (C=O) groups excluding carboxylic acids is 2. The number of aromatic hydroxyl groups is 1. The van der Waals surface area contributed by atoms with Gasteiger partial charge in [-0.15, -0.1) is 0 Å². The molecule has 2 atom stereocenters. The summed E-state index contributed by atoms with van der Waals surface area (Å²) in [5.74, 6) is -1.72. The Morgan fingerprint density at radius 1 is 1.16 bits per heavy atom. The quantitative estimate of drug-likeness (QED) is 0.455. The lowest BCUT2D eigenvalue weighted by Crippen LogP contribution is -2.38. The maximum Gasteiger partial charge on any atom is 0.308 e. The van der Waals surface area contributed by atoms with Crippen molar-refractivity contribution >= 4 is 23.5 Å². The van der Waals surface area contributed by atoms with E-state index in [0.717, 1.165) is 22.8 Å². The lowest BCUT2D eigenvalue weighted by molar-refractivity contribution is -0.147. The van der Waals surface area contributed by atoms with Crippen LogP contribution in [0, 0.1) is 5.92 Å². The molecule has 0 aliphatic carbocycles. The lowest BCUT2D eigenvalue weighted by Gasteiger charge is -2.21. The molecule has 1 amide bonds. The van der Waals surface area contributed by atoms with Crippen LogP contribution in [0.3, 0.4) is 0 Å². The topological polar surface area (TPSA) is 102 Å². The number of ether oxygens (including phenoxy) is 1. The monoisotopic (exact) mass is 456 g/mol. The summed E-state index contributed by atoms with van der Waals surface area (Å²) in [6.07, 6.45) is 0.867. The number of amides is 1. The number of esters is 1. The van der Waals surface area contributed by atoms with Crippen molar-refractivity contribution in [3.8, 4) is 17.0 Å². The van der Waals surface area contributed by atoms with E-state index in [1.54, 1.807) is 13.8 Å². The lowest BCUT2D eigenvalue weighted by atomic mass is 9.94. The second-order valence-electron chi connectivity index (χ2n) is 7.52. The van der Waals surface area contributed by atoms with E-state index in [-0.39, 0.29) is 23.7 Å². The maximum atomic E-state index is 12.5. The predicted molar refractivity (Wildman–Crippen MR) is 120 cm³/mol. The number of aromatic nitrogens is 1. The highest BCUT2D eigenvalue weighted by molar-refractivity contribution is 6.30. The van der Waals surface area contributed by atoms with Crippen molar-refractivity contribution in [2.45, 2.75) is 32.7 Å². The van der Waals surface area contributed by atoms with Crippen molar-refractivity contribution in [3.05, 3.63) is 70.9 Å². The van der Waals surface area contributed by atoms with E-state index < -0.39 is 11.8 Å². The van der Waals surface area contributed by atoms with Crippen LogP contribution in [0.1, 0.15) is 36.4 Å². The fourth-order valence-electron chi connectivity index (χ4n) is 3.42. The Kier molecular flexibility index (Phi) is 7.89. The van der Waals surface area contributed by atoms with Crippen LogP contribution >= 0.6 is 11.6 Å². The average Bonchev–Trinajstić information content (AvgIpc) is 3.21. The molecule has 0 saturated carbocycles. The highest BCUT2D eigenvalue weighted by Crippen LogP contribution is 2.24. The van der Waals surface area contributed by atoms with Crippen LogP contribution < -0.4 is 5.32 Å². The fraction of sp³-hybridized carbons (Fsp3) is 0.292. The Hall–Kier alpha value is -3.32. The van der Waals surface area contributed by atoms with E-state index in [1.807, 2.05) is 48.5 Å². The van der Waals surface area contributed by atoms with Crippen molar-refractivity contribution in [1.82, 2.24) is 10.5 Å². The summed E-state index contributed by atoms with van der Waals surface area (Å²) < 4.78 is 9.93. The van der Waals surface area contributed by atoms with Gasteiger partial charge in [0.15, 0.2) is 0 Å². The summed E-state index contributed by atoms with van der Waals surface area (Å²) in [5, 5.41) is 16.2. The van der Waals surface area contributed by atoms with Gasteiger partial charge in [0.2, 0.25) is 5.76 Å². The van der Waals surface area contributed by atoms with Gasteiger partial charge in [0.05, 0.1) is 18.6 Å². The third kappa shape index (κ3) is 6.34. The molecule has 0 unspecified atom stereocenters. The molecule has 8 heteroatoms. The molecule has 3 aromatic rings. The van der Waals surface area contributed by atoms with Crippen LogP contribution in [0.4, 0.5) is 0 Å². The molecule has 0 fully saturated rings. The largest absolute Gasteiger partial charge is 0.491 e. The summed E-state index contributed by atoms with van der Waals surface area (Å²) in [5.41, 5.74) is 3.02. The molecule has 1 heterocycles. The molecular weight excluding hydrogens is 432 g/mol. The smallest absolute Gasteiger partial charge is 0.308 e. The second-order valence-corrected chi connectivity index (χ2v) is 7.96. The molecule has 168 valence electrons. The van der Waals surface area contributed by atoms with Crippen LogP contribution in [-0.2, 0) is 16.0 Å². The van der Waals surface area contributed by atoms with Gasteiger partial charge in [-0.2, -0.15) is 0 Å². The van der Waals surface area contributed by atoms with E-state index in [2.05, 4.69) is 10.5 Å². The highest BCUT2D eigenvalue weighted by Gasteiger charge is 2.24. The first-order valence-corrected chi connectivity index (χ1v) is 10.7. The third-order valence-corrected chi connectivity index (χ3v) is 5.21. The first-order valence-electron chi connectivity index (χ1n) is 10.3. The highest BCUT2D eigenvalue weighted by atomic mass is 35.5. The number of rotatable bonds is 9.